The number of furan rings is 1. The summed E-state index contributed by atoms with van der Waals surface area (Å²) in [7, 11) is 0. The van der Waals surface area contributed by atoms with Gasteiger partial charge >= 0.3 is 5.97 Å². The number of carbonyl (C=O) groups is 3. The monoisotopic (exact) mass is 294 g/mol. The average Bonchev–Trinajstić information content (AvgIpc) is 2.98. The van der Waals surface area contributed by atoms with Gasteiger partial charge in [0.2, 0.25) is 17.6 Å². The van der Waals surface area contributed by atoms with Gasteiger partial charge in [0.25, 0.3) is 0 Å². The quantitative estimate of drug-likeness (QED) is 0.688. The molecule has 2 unspecified atom stereocenters. The van der Waals surface area contributed by atoms with Crippen molar-refractivity contribution in [1.82, 2.24) is 10.6 Å². The number of carbonyl (C=O) groups excluding carboxylic acids is 2. The molecular weight excluding hydrogens is 276 g/mol. The number of carboxylic acids is 1. The van der Waals surface area contributed by atoms with E-state index in [1.54, 1.807) is 0 Å². The number of amides is 2. The van der Waals surface area contributed by atoms with Crippen molar-refractivity contribution < 1.29 is 23.9 Å². The van der Waals surface area contributed by atoms with Crippen LogP contribution in [0.5, 0.6) is 0 Å². The van der Waals surface area contributed by atoms with Gasteiger partial charge in [0.15, 0.2) is 0 Å². The first-order chi connectivity index (χ1) is 9.97. The molecule has 1 saturated carbocycles. The summed E-state index contributed by atoms with van der Waals surface area (Å²) in [6.45, 7) is 2.44. The van der Waals surface area contributed by atoms with Gasteiger partial charge in [-0.15, -0.1) is 0 Å². The maximum atomic E-state index is 11.6. The van der Waals surface area contributed by atoms with Crippen molar-refractivity contribution >= 4 is 17.8 Å². The van der Waals surface area contributed by atoms with Crippen molar-refractivity contribution in [3.8, 4) is 0 Å². The number of aromatic carboxylic acids is 1. The van der Waals surface area contributed by atoms with E-state index >= 15 is 0 Å². The molecule has 21 heavy (non-hydrogen) atoms. The molecule has 1 fully saturated rings. The van der Waals surface area contributed by atoms with Crippen molar-refractivity contribution in [2.24, 2.45) is 11.8 Å². The van der Waals surface area contributed by atoms with E-state index in [0.717, 1.165) is 6.42 Å². The highest BCUT2D eigenvalue weighted by Crippen LogP contribution is 2.37. The van der Waals surface area contributed by atoms with Crippen LogP contribution in [0.25, 0.3) is 0 Å². The van der Waals surface area contributed by atoms with Gasteiger partial charge in [0.1, 0.15) is 5.76 Å². The molecule has 1 aromatic rings. The van der Waals surface area contributed by atoms with Crippen LogP contribution in [0.15, 0.2) is 16.5 Å². The fourth-order valence-electron chi connectivity index (χ4n) is 1.98. The predicted molar refractivity (Wildman–Crippen MR) is 72.4 cm³/mol. The molecule has 3 N–H and O–H groups in total. The SMILES string of the molecule is CC1CC1C(=O)NCCC(=O)NCc1ccc(C(=O)O)o1. The third-order valence-electron chi connectivity index (χ3n) is 3.43. The van der Waals surface area contributed by atoms with E-state index < -0.39 is 5.97 Å². The summed E-state index contributed by atoms with van der Waals surface area (Å²) in [5.74, 6) is -0.613. The Balaban J connectivity index is 1.62. The Morgan fingerprint density at radius 2 is 2.05 bits per heavy atom. The second-order valence-electron chi connectivity index (χ2n) is 5.21. The highest BCUT2D eigenvalue weighted by atomic mass is 16.4. The molecule has 0 radical (unpaired) electrons. The summed E-state index contributed by atoms with van der Waals surface area (Å²) < 4.78 is 5.01. The highest BCUT2D eigenvalue weighted by Gasteiger charge is 2.38. The summed E-state index contributed by atoms with van der Waals surface area (Å²) in [5, 5.41) is 14.0. The molecule has 2 atom stereocenters. The lowest BCUT2D eigenvalue weighted by molar-refractivity contribution is -0.123. The minimum Gasteiger partial charge on any atom is -0.475 e. The van der Waals surface area contributed by atoms with Crippen LogP contribution in [0.1, 0.15) is 36.1 Å². The molecule has 0 aromatic carbocycles. The number of nitrogens with one attached hydrogen (secondary N) is 2. The van der Waals surface area contributed by atoms with Gasteiger partial charge in [-0.1, -0.05) is 6.92 Å². The second-order valence-corrected chi connectivity index (χ2v) is 5.21. The molecule has 1 aliphatic rings. The first-order valence-corrected chi connectivity index (χ1v) is 6.83. The summed E-state index contributed by atoms with van der Waals surface area (Å²) >= 11 is 0. The molecule has 7 nitrogen and oxygen atoms in total. The van der Waals surface area contributed by atoms with E-state index in [-0.39, 0.29) is 36.5 Å². The lowest BCUT2D eigenvalue weighted by Crippen LogP contribution is -2.31. The standard InChI is InChI=1S/C14H18N2O5/c1-8-6-10(8)13(18)15-5-4-12(17)16-7-9-2-3-11(21-9)14(19)20/h2-3,8,10H,4-7H2,1H3,(H,15,18)(H,16,17)(H,19,20). The number of hydrogen-bond acceptors (Lipinski definition) is 4. The molecule has 2 amide bonds. The van der Waals surface area contributed by atoms with Gasteiger partial charge < -0.3 is 20.2 Å². The van der Waals surface area contributed by atoms with Gasteiger partial charge in [-0.05, 0) is 24.5 Å². The van der Waals surface area contributed by atoms with Crippen LogP contribution in [0.2, 0.25) is 0 Å². The number of rotatable bonds is 7. The fourth-order valence-corrected chi connectivity index (χ4v) is 1.98. The smallest absolute Gasteiger partial charge is 0.371 e. The zero-order chi connectivity index (χ0) is 15.4. The predicted octanol–water partition coefficient (Wildman–Crippen LogP) is 0.756. The van der Waals surface area contributed by atoms with E-state index in [9.17, 15) is 14.4 Å². The largest absolute Gasteiger partial charge is 0.475 e. The van der Waals surface area contributed by atoms with E-state index in [1.165, 1.54) is 12.1 Å². The highest BCUT2D eigenvalue weighted by molar-refractivity contribution is 5.84. The van der Waals surface area contributed by atoms with Gasteiger partial charge in [-0.25, -0.2) is 4.79 Å². The maximum Gasteiger partial charge on any atom is 0.371 e. The minimum atomic E-state index is -1.15. The molecule has 7 heteroatoms. The first-order valence-electron chi connectivity index (χ1n) is 6.83. The Hall–Kier alpha value is -2.31. The third kappa shape index (κ3) is 4.34. The van der Waals surface area contributed by atoms with Crippen molar-refractivity contribution in [3.05, 3.63) is 23.7 Å². The zero-order valence-electron chi connectivity index (χ0n) is 11.7. The molecule has 1 aliphatic carbocycles. The third-order valence-corrected chi connectivity index (χ3v) is 3.43. The van der Waals surface area contributed by atoms with Crippen molar-refractivity contribution in [3.63, 3.8) is 0 Å². The van der Waals surface area contributed by atoms with Crippen LogP contribution >= 0.6 is 0 Å². The Morgan fingerprint density at radius 3 is 2.62 bits per heavy atom. The van der Waals surface area contributed by atoms with Crippen LogP contribution in [-0.4, -0.2) is 29.4 Å². The van der Waals surface area contributed by atoms with Crippen LogP contribution in [0, 0.1) is 11.8 Å². The van der Waals surface area contributed by atoms with Crippen LogP contribution in [0.4, 0.5) is 0 Å². The van der Waals surface area contributed by atoms with Crippen molar-refractivity contribution in [2.75, 3.05) is 6.54 Å². The van der Waals surface area contributed by atoms with Crippen molar-refractivity contribution in [1.29, 1.82) is 0 Å². The molecule has 1 heterocycles. The Kier molecular flexibility index (Phi) is 4.62. The Labute approximate surface area is 121 Å². The van der Waals surface area contributed by atoms with E-state index in [1.807, 2.05) is 6.92 Å². The maximum absolute atomic E-state index is 11.6. The molecule has 1 aromatic heterocycles. The average molecular weight is 294 g/mol. The fraction of sp³-hybridized carbons (Fsp3) is 0.500. The van der Waals surface area contributed by atoms with Crippen LogP contribution in [-0.2, 0) is 16.1 Å². The topological polar surface area (TPSA) is 109 Å². The van der Waals surface area contributed by atoms with Gasteiger partial charge in [-0.3, -0.25) is 9.59 Å². The summed E-state index contributed by atoms with van der Waals surface area (Å²) in [6, 6.07) is 2.83. The first kappa shape index (κ1) is 15.1. The molecule has 114 valence electrons. The molecule has 0 aliphatic heterocycles. The van der Waals surface area contributed by atoms with E-state index in [4.69, 9.17) is 9.52 Å². The summed E-state index contributed by atoms with van der Waals surface area (Å²) in [5.41, 5.74) is 0. The molecule has 0 saturated heterocycles. The summed E-state index contributed by atoms with van der Waals surface area (Å²) in [6.07, 6.45) is 1.10. The van der Waals surface area contributed by atoms with Crippen molar-refractivity contribution in [2.45, 2.75) is 26.3 Å². The van der Waals surface area contributed by atoms with E-state index in [0.29, 0.717) is 18.2 Å². The Morgan fingerprint density at radius 1 is 1.33 bits per heavy atom. The normalized spacial score (nSPS) is 19.9. The van der Waals surface area contributed by atoms with Gasteiger partial charge in [0.05, 0.1) is 6.54 Å². The number of hydrogen-bond donors (Lipinski definition) is 3. The zero-order valence-corrected chi connectivity index (χ0v) is 11.7. The van der Waals surface area contributed by atoms with Gasteiger partial charge in [-0.2, -0.15) is 0 Å². The number of carboxylic acid groups (broad SMARTS) is 1. The molecular formula is C14H18N2O5. The molecule has 0 spiro atoms. The lowest BCUT2D eigenvalue weighted by atomic mass is 10.3. The lowest BCUT2D eigenvalue weighted by Gasteiger charge is -2.05. The molecule has 0 bridgehead atoms. The second kappa shape index (κ2) is 6.43. The van der Waals surface area contributed by atoms with Crippen LogP contribution < -0.4 is 10.6 Å². The van der Waals surface area contributed by atoms with E-state index in [2.05, 4.69) is 10.6 Å². The van der Waals surface area contributed by atoms with Gasteiger partial charge in [0, 0.05) is 18.9 Å². The van der Waals surface area contributed by atoms with Crippen LogP contribution in [0.3, 0.4) is 0 Å². The Bertz CT molecular complexity index is 551. The summed E-state index contributed by atoms with van der Waals surface area (Å²) in [4.78, 5) is 33.7. The molecule has 2 rings (SSSR count). The minimum absolute atomic E-state index is 0.00688.